The molecule has 0 radical (unpaired) electrons. The average Bonchev–Trinajstić information content (AvgIpc) is 2.62. The Morgan fingerprint density at radius 3 is 2.84 bits per heavy atom. The molecule has 6 heteroatoms. The summed E-state index contributed by atoms with van der Waals surface area (Å²) in [6.45, 7) is 0. The quantitative estimate of drug-likeness (QED) is 0.505. The van der Waals surface area contributed by atoms with E-state index >= 15 is 0 Å². The highest BCUT2D eigenvalue weighted by atomic mass is 16.1. The zero-order valence-corrected chi connectivity index (χ0v) is 13.2. The van der Waals surface area contributed by atoms with Gasteiger partial charge in [0.15, 0.2) is 0 Å². The van der Waals surface area contributed by atoms with Crippen molar-refractivity contribution in [3.8, 4) is 12.3 Å². The van der Waals surface area contributed by atoms with E-state index in [1.165, 1.54) is 18.6 Å². The Hall–Kier alpha value is -3.85. The number of amides is 1. The van der Waals surface area contributed by atoms with Gasteiger partial charge in [-0.15, -0.1) is 6.42 Å². The van der Waals surface area contributed by atoms with E-state index in [2.05, 4.69) is 26.5 Å². The van der Waals surface area contributed by atoms with Crippen LogP contribution in [0, 0.1) is 12.3 Å². The van der Waals surface area contributed by atoms with Crippen LogP contribution in [0.1, 0.15) is 5.56 Å². The largest absolute Gasteiger partial charge is 0.404 e. The second-order valence-electron chi connectivity index (χ2n) is 5.15. The van der Waals surface area contributed by atoms with Gasteiger partial charge in [0.2, 0.25) is 5.91 Å². The molecule has 25 heavy (non-hydrogen) atoms. The molecule has 2 aromatic carbocycles. The molecule has 0 saturated carbocycles. The Morgan fingerprint density at radius 2 is 2.04 bits per heavy atom. The Morgan fingerprint density at radius 1 is 1.16 bits per heavy atom. The van der Waals surface area contributed by atoms with Gasteiger partial charge >= 0.3 is 0 Å². The first-order valence-electron chi connectivity index (χ1n) is 7.47. The van der Waals surface area contributed by atoms with E-state index in [1.54, 1.807) is 12.1 Å². The molecule has 1 amide bonds. The molecule has 0 unspecified atom stereocenters. The topological polar surface area (TPSA) is 92.9 Å². The molecule has 6 nitrogen and oxygen atoms in total. The number of carbonyl (C=O) groups is 1. The predicted molar refractivity (Wildman–Crippen MR) is 99.2 cm³/mol. The van der Waals surface area contributed by atoms with Crippen molar-refractivity contribution >= 4 is 34.0 Å². The average molecular weight is 329 g/mol. The van der Waals surface area contributed by atoms with Gasteiger partial charge in [-0.3, -0.25) is 4.79 Å². The number of anilines is 3. The van der Waals surface area contributed by atoms with Gasteiger partial charge in [0, 0.05) is 28.4 Å². The molecule has 0 atom stereocenters. The molecule has 0 aliphatic rings. The smallest absolute Gasteiger partial charge is 0.249 e. The second-order valence-corrected chi connectivity index (χ2v) is 5.15. The first kappa shape index (κ1) is 16.0. The molecule has 0 fully saturated rings. The summed E-state index contributed by atoms with van der Waals surface area (Å²) in [6.07, 6.45) is 9.34. The lowest BCUT2D eigenvalue weighted by molar-refractivity contribution is -0.111. The SMILES string of the molecule is C#Cc1cccc(Nc2ncnc3ccc(NC(=O)C=CN)cc23)c1. The van der Waals surface area contributed by atoms with Crippen LogP contribution in [0.2, 0.25) is 0 Å². The number of terminal acetylenes is 1. The van der Waals surface area contributed by atoms with Crippen molar-refractivity contribution in [2.24, 2.45) is 5.73 Å². The summed E-state index contributed by atoms with van der Waals surface area (Å²) in [5.74, 6) is 2.90. The van der Waals surface area contributed by atoms with E-state index in [4.69, 9.17) is 12.2 Å². The van der Waals surface area contributed by atoms with E-state index in [9.17, 15) is 4.79 Å². The summed E-state index contributed by atoms with van der Waals surface area (Å²) in [4.78, 5) is 20.2. The number of benzene rings is 2. The maximum Gasteiger partial charge on any atom is 0.249 e. The minimum absolute atomic E-state index is 0.310. The second kappa shape index (κ2) is 7.15. The molecule has 1 heterocycles. The van der Waals surface area contributed by atoms with Crippen molar-refractivity contribution in [1.82, 2.24) is 9.97 Å². The highest BCUT2D eigenvalue weighted by Crippen LogP contribution is 2.26. The van der Waals surface area contributed by atoms with Gasteiger partial charge in [-0.2, -0.15) is 0 Å². The zero-order valence-electron chi connectivity index (χ0n) is 13.2. The van der Waals surface area contributed by atoms with Crippen molar-refractivity contribution in [2.45, 2.75) is 0 Å². The molecule has 0 saturated heterocycles. The Balaban J connectivity index is 1.97. The third-order valence-electron chi connectivity index (χ3n) is 3.44. The molecule has 4 N–H and O–H groups in total. The van der Waals surface area contributed by atoms with Crippen LogP contribution >= 0.6 is 0 Å². The van der Waals surface area contributed by atoms with Gasteiger partial charge in [-0.1, -0.05) is 12.0 Å². The minimum Gasteiger partial charge on any atom is -0.404 e. The molecular formula is C19H15N5O. The molecule has 0 aliphatic carbocycles. The van der Waals surface area contributed by atoms with Crippen molar-refractivity contribution in [1.29, 1.82) is 0 Å². The number of hydrogen-bond acceptors (Lipinski definition) is 5. The van der Waals surface area contributed by atoms with E-state index in [-0.39, 0.29) is 5.91 Å². The number of hydrogen-bond donors (Lipinski definition) is 3. The van der Waals surface area contributed by atoms with E-state index in [0.717, 1.165) is 22.2 Å². The molecule has 122 valence electrons. The number of nitrogens with zero attached hydrogens (tertiary/aromatic N) is 2. The van der Waals surface area contributed by atoms with Crippen LogP contribution in [0.5, 0.6) is 0 Å². The van der Waals surface area contributed by atoms with Gasteiger partial charge in [0.25, 0.3) is 0 Å². The number of rotatable bonds is 4. The summed E-state index contributed by atoms with van der Waals surface area (Å²) in [5, 5.41) is 6.73. The van der Waals surface area contributed by atoms with Gasteiger partial charge in [0.05, 0.1) is 5.52 Å². The van der Waals surface area contributed by atoms with Crippen molar-refractivity contribution in [2.75, 3.05) is 10.6 Å². The first-order chi connectivity index (χ1) is 12.2. The van der Waals surface area contributed by atoms with Crippen LogP contribution in [0.15, 0.2) is 61.1 Å². The van der Waals surface area contributed by atoms with Crippen LogP contribution in [-0.2, 0) is 4.79 Å². The van der Waals surface area contributed by atoms with Crippen LogP contribution in [0.3, 0.4) is 0 Å². The lowest BCUT2D eigenvalue weighted by Crippen LogP contribution is -2.08. The summed E-state index contributed by atoms with van der Waals surface area (Å²) < 4.78 is 0. The lowest BCUT2D eigenvalue weighted by atomic mass is 10.2. The third-order valence-corrected chi connectivity index (χ3v) is 3.44. The number of carbonyl (C=O) groups excluding carboxylic acids is 1. The molecule has 3 rings (SSSR count). The van der Waals surface area contributed by atoms with Crippen LogP contribution in [0.4, 0.5) is 17.2 Å². The van der Waals surface area contributed by atoms with Crippen LogP contribution in [0.25, 0.3) is 10.9 Å². The number of aromatic nitrogens is 2. The molecule has 0 spiro atoms. The normalized spacial score (nSPS) is 10.5. The summed E-state index contributed by atoms with van der Waals surface area (Å²) in [5.41, 5.74) is 8.17. The molecular weight excluding hydrogens is 314 g/mol. The van der Waals surface area contributed by atoms with E-state index < -0.39 is 0 Å². The molecule has 0 aliphatic heterocycles. The highest BCUT2D eigenvalue weighted by molar-refractivity contribution is 6.01. The summed E-state index contributed by atoms with van der Waals surface area (Å²) in [6, 6.07) is 12.8. The monoisotopic (exact) mass is 329 g/mol. The first-order valence-corrected chi connectivity index (χ1v) is 7.47. The van der Waals surface area contributed by atoms with Crippen molar-refractivity contribution in [3.63, 3.8) is 0 Å². The maximum atomic E-state index is 11.7. The third kappa shape index (κ3) is 3.74. The van der Waals surface area contributed by atoms with Crippen molar-refractivity contribution in [3.05, 3.63) is 66.6 Å². The Bertz CT molecular complexity index is 1000. The van der Waals surface area contributed by atoms with Crippen LogP contribution in [-0.4, -0.2) is 15.9 Å². The number of fused-ring (bicyclic) bond motifs is 1. The molecule has 0 bridgehead atoms. The lowest BCUT2D eigenvalue weighted by Gasteiger charge is -2.10. The fourth-order valence-corrected chi connectivity index (χ4v) is 2.33. The summed E-state index contributed by atoms with van der Waals surface area (Å²) >= 11 is 0. The van der Waals surface area contributed by atoms with E-state index in [0.29, 0.717) is 11.5 Å². The molecule has 3 aromatic rings. The van der Waals surface area contributed by atoms with Gasteiger partial charge in [-0.25, -0.2) is 9.97 Å². The molecule has 1 aromatic heterocycles. The fourth-order valence-electron chi connectivity index (χ4n) is 2.33. The van der Waals surface area contributed by atoms with Crippen LogP contribution < -0.4 is 16.4 Å². The van der Waals surface area contributed by atoms with Crippen molar-refractivity contribution < 1.29 is 4.79 Å². The summed E-state index contributed by atoms with van der Waals surface area (Å²) in [7, 11) is 0. The Kier molecular flexibility index (Phi) is 4.58. The fraction of sp³-hybridized carbons (Fsp3) is 0. The van der Waals surface area contributed by atoms with Gasteiger partial charge < -0.3 is 16.4 Å². The predicted octanol–water partition coefficient (Wildman–Crippen LogP) is 2.77. The van der Waals surface area contributed by atoms with Gasteiger partial charge in [-0.05, 0) is 42.6 Å². The van der Waals surface area contributed by atoms with Gasteiger partial charge in [0.1, 0.15) is 12.1 Å². The van der Waals surface area contributed by atoms with E-state index in [1.807, 2.05) is 30.3 Å². The minimum atomic E-state index is -0.310. The highest BCUT2D eigenvalue weighted by Gasteiger charge is 2.07. The number of nitrogens with two attached hydrogens (primary N) is 1. The Labute approximate surface area is 144 Å². The zero-order chi connectivity index (χ0) is 17.6. The number of nitrogens with one attached hydrogen (secondary N) is 2. The standard InChI is InChI=1S/C19H15N5O/c1-2-13-4-3-5-14(10-13)24-19-16-11-15(23-18(25)8-9-20)6-7-17(16)21-12-22-19/h1,3-12H,20H2,(H,23,25)(H,21,22,24). The maximum absolute atomic E-state index is 11.7.